The van der Waals surface area contributed by atoms with Gasteiger partial charge in [-0.05, 0) is 55.7 Å². The van der Waals surface area contributed by atoms with Gasteiger partial charge in [0.15, 0.2) is 5.65 Å². The highest BCUT2D eigenvalue weighted by Crippen LogP contribution is 2.39. The molecule has 9 nitrogen and oxygen atoms in total. The number of fused-ring (bicyclic) bond motifs is 1. The van der Waals surface area contributed by atoms with E-state index in [1.807, 2.05) is 32.6 Å². The number of piperazine rings is 1. The van der Waals surface area contributed by atoms with Gasteiger partial charge in [0.05, 0.1) is 33.0 Å². The van der Waals surface area contributed by atoms with Gasteiger partial charge in [-0.15, -0.1) is 0 Å². The molecule has 41 heavy (non-hydrogen) atoms. The third kappa shape index (κ3) is 4.93. The zero-order valence-electron chi connectivity index (χ0n) is 23.2. The number of benzene rings is 1. The van der Waals surface area contributed by atoms with E-state index in [2.05, 4.69) is 16.5 Å². The monoisotopic (exact) mass is 576 g/mol. The minimum atomic E-state index is -0.709. The Morgan fingerprint density at radius 1 is 1.24 bits per heavy atom. The Labute approximate surface area is 241 Å². The molecule has 1 amide bonds. The molecule has 0 spiro atoms. The molecule has 0 radical (unpaired) electrons. The fourth-order valence-electron chi connectivity index (χ4n) is 5.33. The van der Waals surface area contributed by atoms with E-state index < -0.39 is 11.5 Å². The summed E-state index contributed by atoms with van der Waals surface area (Å²) in [4.78, 5) is 43.6. The predicted molar refractivity (Wildman–Crippen MR) is 157 cm³/mol. The molecular formula is C30H30ClFN6O3. The molecule has 3 aromatic heterocycles. The average molecular weight is 577 g/mol. The molecule has 5 rings (SSSR count). The summed E-state index contributed by atoms with van der Waals surface area (Å²) in [5.74, 6) is -0.898. The smallest absolute Gasteiger partial charge is 0.355 e. The lowest BCUT2D eigenvalue weighted by molar-refractivity contribution is -0.126. The second kappa shape index (κ2) is 10.9. The summed E-state index contributed by atoms with van der Waals surface area (Å²) in [5, 5.41) is 11.1. The van der Waals surface area contributed by atoms with Gasteiger partial charge in [-0.25, -0.2) is 18.7 Å². The standard InChI is InChI=1S/C30H30ClFN6O3/c1-6-23(40)36-12-13-37(18(5)15-36)28-19-14-20(31)26(24-21(32)8-7-9-22(24)39)34-29(19)38(30(41)35-28)27-17(4)10-11-33-25(27)16(2)3/h6-11,14,16,18,39H,1,12-13,15H2,2-5H3/t18-/m0/s1. The van der Waals surface area contributed by atoms with Crippen LogP contribution in [0, 0.1) is 12.7 Å². The molecule has 1 saturated heterocycles. The summed E-state index contributed by atoms with van der Waals surface area (Å²) in [6, 6.07) is 7.13. The zero-order chi connectivity index (χ0) is 29.6. The van der Waals surface area contributed by atoms with Crippen molar-refractivity contribution in [3.63, 3.8) is 0 Å². The van der Waals surface area contributed by atoms with Gasteiger partial charge >= 0.3 is 5.69 Å². The van der Waals surface area contributed by atoms with Crippen LogP contribution in [-0.2, 0) is 4.79 Å². The molecule has 1 atom stereocenters. The molecule has 11 heteroatoms. The van der Waals surface area contributed by atoms with E-state index in [0.29, 0.717) is 42.2 Å². The lowest BCUT2D eigenvalue weighted by atomic mass is 10.0. The van der Waals surface area contributed by atoms with E-state index in [9.17, 15) is 14.7 Å². The molecule has 0 bridgehead atoms. The Morgan fingerprint density at radius 3 is 2.66 bits per heavy atom. The number of anilines is 1. The number of hydrogen-bond donors (Lipinski definition) is 1. The Balaban J connectivity index is 1.83. The number of hydrogen-bond acceptors (Lipinski definition) is 7. The predicted octanol–water partition coefficient (Wildman–Crippen LogP) is 5.00. The van der Waals surface area contributed by atoms with Crippen molar-refractivity contribution in [2.75, 3.05) is 24.5 Å². The third-order valence-electron chi connectivity index (χ3n) is 7.34. The maximum absolute atomic E-state index is 15.0. The number of carbonyl (C=O) groups is 1. The maximum Gasteiger partial charge on any atom is 0.355 e. The highest BCUT2D eigenvalue weighted by molar-refractivity contribution is 6.34. The van der Waals surface area contributed by atoms with Crippen LogP contribution in [0.1, 0.15) is 37.9 Å². The topological polar surface area (TPSA) is 104 Å². The van der Waals surface area contributed by atoms with Crippen molar-refractivity contribution in [2.45, 2.75) is 39.7 Å². The molecule has 1 aliphatic rings. The first kappa shape index (κ1) is 28.2. The van der Waals surface area contributed by atoms with Crippen LogP contribution in [0.25, 0.3) is 28.0 Å². The zero-order valence-corrected chi connectivity index (χ0v) is 24.0. The molecule has 0 aliphatic carbocycles. The lowest BCUT2D eigenvalue weighted by Gasteiger charge is -2.40. The maximum atomic E-state index is 15.0. The molecule has 212 valence electrons. The Morgan fingerprint density at radius 2 is 2.00 bits per heavy atom. The van der Waals surface area contributed by atoms with Gasteiger partial charge < -0.3 is 14.9 Å². The molecular weight excluding hydrogens is 547 g/mol. The number of aromatic hydroxyl groups is 1. The van der Waals surface area contributed by atoms with Gasteiger partial charge in [0.2, 0.25) is 5.91 Å². The van der Waals surface area contributed by atoms with E-state index in [0.717, 1.165) is 5.56 Å². The van der Waals surface area contributed by atoms with Crippen LogP contribution in [0.3, 0.4) is 0 Å². The van der Waals surface area contributed by atoms with Gasteiger partial charge in [0.1, 0.15) is 17.4 Å². The number of pyridine rings is 2. The quantitative estimate of drug-likeness (QED) is 0.334. The van der Waals surface area contributed by atoms with Gasteiger partial charge in [-0.3, -0.25) is 9.78 Å². The number of halogens is 2. The summed E-state index contributed by atoms with van der Waals surface area (Å²) < 4.78 is 16.4. The van der Waals surface area contributed by atoms with Crippen LogP contribution in [0.4, 0.5) is 10.2 Å². The summed E-state index contributed by atoms with van der Waals surface area (Å²) in [6.45, 7) is 12.5. The van der Waals surface area contributed by atoms with Crippen molar-refractivity contribution in [1.82, 2.24) is 24.4 Å². The first-order valence-electron chi connectivity index (χ1n) is 13.3. The second-order valence-electron chi connectivity index (χ2n) is 10.4. The highest BCUT2D eigenvalue weighted by Gasteiger charge is 2.30. The minimum absolute atomic E-state index is 0.0119. The summed E-state index contributed by atoms with van der Waals surface area (Å²) >= 11 is 6.71. The number of phenolic OH excluding ortho intramolecular Hbond substituents is 1. The highest BCUT2D eigenvalue weighted by atomic mass is 35.5. The van der Waals surface area contributed by atoms with Crippen LogP contribution >= 0.6 is 11.6 Å². The minimum Gasteiger partial charge on any atom is -0.507 e. The van der Waals surface area contributed by atoms with Crippen LogP contribution in [0.5, 0.6) is 5.75 Å². The largest absolute Gasteiger partial charge is 0.507 e. The van der Waals surface area contributed by atoms with Gasteiger partial charge in [-0.1, -0.05) is 38.1 Å². The van der Waals surface area contributed by atoms with Crippen LogP contribution in [0.2, 0.25) is 5.02 Å². The molecule has 4 heterocycles. The van der Waals surface area contributed by atoms with E-state index in [1.165, 1.54) is 28.8 Å². The van der Waals surface area contributed by atoms with Crippen LogP contribution in [-0.4, -0.2) is 61.1 Å². The van der Waals surface area contributed by atoms with Gasteiger partial charge in [0.25, 0.3) is 0 Å². The van der Waals surface area contributed by atoms with Crippen molar-refractivity contribution in [2.24, 2.45) is 0 Å². The fourth-order valence-corrected chi connectivity index (χ4v) is 5.58. The van der Waals surface area contributed by atoms with Crippen LogP contribution < -0.4 is 10.6 Å². The number of nitrogens with zero attached hydrogens (tertiary/aromatic N) is 6. The molecule has 1 aliphatic heterocycles. The molecule has 0 unspecified atom stereocenters. The average Bonchev–Trinajstić information content (AvgIpc) is 2.93. The summed E-state index contributed by atoms with van der Waals surface area (Å²) in [7, 11) is 0. The van der Waals surface area contributed by atoms with Crippen molar-refractivity contribution in [3.05, 3.63) is 81.8 Å². The van der Waals surface area contributed by atoms with Crippen molar-refractivity contribution in [3.8, 4) is 22.7 Å². The fraction of sp³-hybridized carbons (Fsp3) is 0.300. The first-order valence-corrected chi connectivity index (χ1v) is 13.7. The number of rotatable bonds is 5. The molecule has 1 fully saturated rings. The van der Waals surface area contributed by atoms with E-state index >= 15 is 4.39 Å². The van der Waals surface area contributed by atoms with Gasteiger partial charge in [-0.2, -0.15) is 4.98 Å². The normalized spacial score (nSPS) is 15.5. The van der Waals surface area contributed by atoms with Crippen molar-refractivity contribution >= 4 is 34.4 Å². The van der Waals surface area contributed by atoms with Crippen molar-refractivity contribution < 1.29 is 14.3 Å². The number of carbonyl (C=O) groups excluding carboxylic acids is 1. The SMILES string of the molecule is C=CC(=O)N1CCN(c2nc(=O)n(-c3c(C)ccnc3C(C)C)c3nc(-c4c(O)cccc4F)c(Cl)cc23)[C@@H](C)C1. The number of phenols is 1. The Bertz CT molecular complexity index is 1730. The molecule has 0 saturated carbocycles. The third-order valence-corrected chi connectivity index (χ3v) is 7.63. The van der Waals surface area contributed by atoms with Crippen molar-refractivity contribution in [1.29, 1.82) is 0 Å². The number of amides is 1. The van der Waals surface area contributed by atoms with Gasteiger partial charge in [0, 0.05) is 31.9 Å². The number of aryl methyl sites for hydroxylation is 1. The Kier molecular flexibility index (Phi) is 7.52. The Hall–Kier alpha value is -4.31. The first-order chi connectivity index (χ1) is 19.5. The molecule has 1 N–H and O–H groups in total. The van der Waals surface area contributed by atoms with E-state index in [1.54, 1.807) is 23.2 Å². The lowest BCUT2D eigenvalue weighted by Crippen LogP contribution is -2.54. The number of aromatic nitrogens is 4. The second-order valence-corrected chi connectivity index (χ2v) is 10.8. The summed E-state index contributed by atoms with van der Waals surface area (Å²) in [6.07, 6.45) is 2.96. The summed E-state index contributed by atoms with van der Waals surface area (Å²) in [5.41, 5.74) is 1.39. The van der Waals surface area contributed by atoms with E-state index in [-0.39, 0.29) is 45.5 Å². The molecule has 1 aromatic carbocycles. The molecule has 4 aromatic rings. The van der Waals surface area contributed by atoms with E-state index in [4.69, 9.17) is 16.6 Å². The van der Waals surface area contributed by atoms with Crippen LogP contribution in [0.15, 0.2) is 54.0 Å².